The number of sulfonamides is 1. The third-order valence-corrected chi connectivity index (χ3v) is 9.77. The summed E-state index contributed by atoms with van der Waals surface area (Å²) < 4.78 is 40.3. The fourth-order valence-corrected chi connectivity index (χ4v) is 7.04. The molecule has 47 heavy (non-hydrogen) atoms. The fraction of sp³-hybridized carbons (Fsp3) is 0.212. The molecule has 0 saturated carbocycles. The van der Waals surface area contributed by atoms with Crippen molar-refractivity contribution in [2.75, 3.05) is 37.7 Å². The standard InChI is InChI=1S/C33H30N6O7S/c40-33(36-47(43,44)27-6-3-5-25(17-27)39(41)42)29-9-8-24(18-31(29)46-26-16-22-10-11-34-32(22)35-19-26)37-12-14-38(15-13-37)30-21-45-20-23-4-1-2-7-28(23)30/h1-11,16-19,30H,12-15,20-21H2,(H,34,35)(H,36,40). The Hall–Kier alpha value is -5.31. The third-order valence-electron chi connectivity index (χ3n) is 8.45. The van der Waals surface area contributed by atoms with Crippen molar-refractivity contribution < 1.29 is 27.6 Å². The van der Waals surface area contributed by atoms with Crippen LogP contribution in [0.3, 0.4) is 0 Å². The molecule has 5 aromatic rings. The Bertz CT molecular complexity index is 2090. The van der Waals surface area contributed by atoms with Crippen molar-refractivity contribution in [3.8, 4) is 11.5 Å². The number of hydrogen-bond acceptors (Lipinski definition) is 10. The lowest BCUT2D eigenvalue weighted by molar-refractivity contribution is -0.385. The number of aromatic amines is 1. The summed E-state index contributed by atoms with van der Waals surface area (Å²) in [6.07, 6.45) is 3.26. The number of piperazine rings is 1. The van der Waals surface area contributed by atoms with Crippen molar-refractivity contribution in [2.24, 2.45) is 0 Å². The number of carbonyl (C=O) groups excluding carboxylic acids is 1. The maximum atomic E-state index is 13.5. The first kappa shape index (κ1) is 30.3. The molecule has 2 aromatic heterocycles. The van der Waals surface area contributed by atoms with Gasteiger partial charge in [-0.1, -0.05) is 30.3 Å². The normalized spacial score (nSPS) is 16.9. The van der Waals surface area contributed by atoms with Crippen LogP contribution in [0.15, 0.2) is 96.2 Å². The van der Waals surface area contributed by atoms with E-state index in [4.69, 9.17) is 9.47 Å². The number of H-pyrrole nitrogens is 1. The molecule has 0 radical (unpaired) electrons. The largest absolute Gasteiger partial charge is 0.455 e. The number of rotatable bonds is 8. The Morgan fingerprint density at radius 3 is 2.68 bits per heavy atom. The smallest absolute Gasteiger partial charge is 0.270 e. The van der Waals surface area contributed by atoms with Crippen LogP contribution in [0.5, 0.6) is 11.5 Å². The number of amides is 1. The number of hydrogen-bond donors (Lipinski definition) is 2. The van der Waals surface area contributed by atoms with Crippen LogP contribution in [-0.4, -0.2) is 66.9 Å². The molecule has 0 spiro atoms. The molecule has 1 fully saturated rings. The molecular formula is C33H30N6O7S. The molecule has 1 atom stereocenters. The SMILES string of the molecule is O=C(NS(=O)(=O)c1cccc([N+](=O)[O-])c1)c1ccc(N2CCN(C3COCc4ccccc43)CC2)cc1Oc1cnc2[nH]ccc2c1. The zero-order chi connectivity index (χ0) is 32.5. The van der Waals surface area contributed by atoms with Gasteiger partial charge < -0.3 is 19.4 Å². The maximum Gasteiger partial charge on any atom is 0.270 e. The second kappa shape index (κ2) is 12.5. The summed E-state index contributed by atoms with van der Waals surface area (Å²) in [5.74, 6) is -0.469. The van der Waals surface area contributed by atoms with E-state index in [1.165, 1.54) is 41.6 Å². The summed E-state index contributed by atoms with van der Waals surface area (Å²) in [6.45, 7) is 4.25. The lowest BCUT2D eigenvalue weighted by Gasteiger charge is -2.42. The zero-order valence-corrected chi connectivity index (χ0v) is 25.9. The van der Waals surface area contributed by atoms with Crippen molar-refractivity contribution in [3.63, 3.8) is 0 Å². The van der Waals surface area contributed by atoms with Crippen molar-refractivity contribution in [1.82, 2.24) is 19.6 Å². The molecule has 2 N–H and O–H groups in total. The second-order valence-corrected chi connectivity index (χ2v) is 13.0. The average molecular weight is 655 g/mol. The summed E-state index contributed by atoms with van der Waals surface area (Å²) in [4.78, 5) is 35.6. The van der Waals surface area contributed by atoms with Crippen LogP contribution in [0.25, 0.3) is 11.0 Å². The summed E-state index contributed by atoms with van der Waals surface area (Å²) in [6, 6.07) is 21.6. The van der Waals surface area contributed by atoms with Crippen LogP contribution in [0.4, 0.5) is 11.4 Å². The van der Waals surface area contributed by atoms with Gasteiger partial charge in [-0.15, -0.1) is 0 Å². The van der Waals surface area contributed by atoms with Crippen molar-refractivity contribution >= 4 is 38.3 Å². The number of nitro benzene ring substituents is 1. The Kier molecular flexibility index (Phi) is 8.05. The molecule has 14 heteroatoms. The predicted molar refractivity (Wildman–Crippen MR) is 173 cm³/mol. The number of nitrogens with zero attached hydrogens (tertiary/aromatic N) is 4. The monoisotopic (exact) mass is 654 g/mol. The first-order valence-electron chi connectivity index (χ1n) is 15.0. The maximum absolute atomic E-state index is 13.5. The first-order valence-corrected chi connectivity index (χ1v) is 16.4. The van der Waals surface area contributed by atoms with Crippen LogP contribution in [0.2, 0.25) is 0 Å². The molecule has 1 saturated heterocycles. The Morgan fingerprint density at radius 2 is 1.85 bits per heavy atom. The Balaban J connectivity index is 1.15. The number of anilines is 1. The molecular weight excluding hydrogens is 624 g/mol. The van der Waals surface area contributed by atoms with E-state index in [2.05, 4.69) is 38.0 Å². The highest BCUT2D eigenvalue weighted by molar-refractivity contribution is 7.90. The number of aromatic nitrogens is 2. The summed E-state index contributed by atoms with van der Waals surface area (Å²) in [5.41, 5.74) is 3.52. The van der Waals surface area contributed by atoms with E-state index in [1.807, 2.05) is 16.9 Å². The van der Waals surface area contributed by atoms with Gasteiger partial charge in [0, 0.05) is 61.6 Å². The van der Waals surface area contributed by atoms with Gasteiger partial charge in [0.2, 0.25) is 0 Å². The minimum absolute atomic E-state index is 0.0356. The molecule has 1 unspecified atom stereocenters. The van der Waals surface area contributed by atoms with Crippen molar-refractivity contribution in [3.05, 3.63) is 118 Å². The van der Waals surface area contributed by atoms with Gasteiger partial charge in [0.25, 0.3) is 21.6 Å². The molecule has 0 aliphatic carbocycles. The van der Waals surface area contributed by atoms with Gasteiger partial charge in [0.1, 0.15) is 17.1 Å². The van der Waals surface area contributed by atoms with Gasteiger partial charge >= 0.3 is 0 Å². The van der Waals surface area contributed by atoms with E-state index in [-0.39, 0.29) is 17.4 Å². The summed E-state index contributed by atoms with van der Waals surface area (Å²) in [5, 5.41) is 12.0. The lowest BCUT2D eigenvalue weighted by atomic mass is 9.97. The number of nitro groups is 1. The van der Waals surface area contributed by atoms with Crippen molar-refractivity contribution in [1.29, 1.82) is 0 Å². The molecule has 4 heterocycles. The van der Waals surface area contributed by atoms with Crippen LogP contribution < -0.4 is 14.4 Å². The number of fused-ring (bicyclic) bond motifs is 2. The van der Waals surface area contributed by atoms with Gasteiger partial charge in [-0.2, -0.15) is 0 Å². The number of nitrogens with one attached hydrogen (secondary N) is 2. The van der Waals surface area contributed by atoms with E-state index in [0.29, 0.717) is 37.7 Å². The van der Waals surface area contributed by atoms with E-state index in [9.17, 15) is 23.3 Å². The minimum atomic E-state index is -4.45. The Morgan fingerprint density at radius 1 is 1.02 bits per heavy atom. The van der Waals surface area contributed by atoms with Crippen LogP contribution >= 0.6 is 0 Å². The molecule has 13 nitrogen and oxygen atoms in total. The number of carbonyl (C=O) groups is 1. The van der Waals surface area contributed by atoms with Crippen LogP contribution in [0.1, 0.15) is 27.5 Å². The third kappa shape index (κ3) is 6.25. The Labute approximate surface area is 269 Å². The minimum Gasteiger partial charge on any atom is -0.455 e. The van der Waals surface area contributed by atoms with Crippen molar-refractivity contribution in [2.45, 2.75) is 17.5 Å². The highest BCUT2D eigenvalue weighted by Gasteiger charge is 2.30. The quantitative estimate of drug-likeness (QED) is 0.176. The average Bonchev–Trinajstić information content (AvgIpc) is 3.56. The number of non-ortho nitro benzene ring substituents is 1. The highest BCUT2D eigenvalue weighted by atomic mass is 32.2. The van der Waals surface area contributed by atoms with Gasteiger partial charge in [-0.05, 0) is 41.5 Å². The molecule has 1 amide bonds. The first-order chi connectivity index (χ1) is 22.7. The molecule has 3 aromatic carbocycles. The van der Waals surface area contributed by atoms with E-state index in [1.54, 1.807) is 24.4 Å². The van der Waals surface area contributed by atoms with Crippen LogP contribution in [0, 0.1) is 10.1 Å². The van der Waals surface area contributed by atoms with Gasteiger partial charge in [0.05, 0.1) is 40.8 Å². The highest BCUT2D eigenvalue weighted by Crippen LogP contribution is 2.34. The molecule has 240 valence electrons. The van der Waals surface area contributed by atoms with E-state index >= 15 is 0 Å². The number of benzene rings is 3. The van der Waals surface area contributed by atoms with Crippen LogP contribution in [-0.2, 0) is 21.4 Å². The predicted octanol–water partition coefficient (Wildman–Crippen LogP) is 4.78. The van der Waals surface area contributed by atoms with Gasteiger partial charge in [-0.3, -0.25) is 19.8 Å². The number of pyridine rings is 1. The van der Waals surface area contributed by atoms with Gasteiger partial charge in [0.15, 0.2) is 0 Å². The molecule has 0 bridgehead atoms. The lowest BCUT2D eigenvalue weighted by Crippen LogP contribution is -2.49. The van der Waals surface area contributed by atoms with E-state index < -0.39 is 31.4 Å². The fourth-order valence-electron chi connectivity index (χ4n) is 6.04. The number of ether oxygens (including phenoxy) is 2. The second-order valence-electron chi connectivity index (χ2n) is 11.3. The molecule has 7 rings (SSSR count). The molecule has 2 aliphatic rings. The topological polar surface area (TPSA) is 160 Å². The molecule has 2 aliphatic heterocycles. The summed E-state index contributed by atoms with van der Waals surface area (Å²) >= 11 is 0. The zero-order valence-electron chi connectivity index (χ0n) is 25.0. The van der Waals surface area contributed by atoms with E-state index in [0.717, 1.165) is 30.2 Å². The van der Waals surface area contributed by atoms with Gasteiger partial charge in [-0.25, -0.2) is 18.1 Å². The summed E-state index contributed by atoms with van der Waals surface area (Å²) in [7, 11) is -4.45.